The van der Waals surface area contributed by atoms with Gasteiger partial charge in [0.25, 0.3) is 0 Å². The number of benzene rings is 2. The molecule has 5 nitrogen and oxygen atoms in total. The van der Waals surface area contributed by atoms with Crippen molar-refractivity contribution in [2.45, 2.75) is 25.6 Å². The normalized spacial score (nSPS) is 12.0. The molecule has 0 saturated heterocycles. The summed E-state index contributed by atoms with van der Waals surface area (Å²) in [5.41, 5.74) is 7.24. The van der Waals surface area contributed by atoms with E-state index in [0.29, 0.717) is 19.6 Å². The fraction of sp³-hybridized carbons (Fsp3) is 0.238. The number of hydrogen-bond acceptors (Lipinski definition) is 4. The van der Waals surface area contributed by atoms with Gasteiger partial charge in [-0.1, -0.05) is 48.5 Å². The van der Waals surface area contributed by atoms with Crippen LogP contribution in [0.4, 0.5) is 4.79 Å². The Balaban J connectivity index is 1.69. The molecule has 26 heavy (non-hydrogen) atoms. The van der Waals surface area contributed by atoms with Crippen LogP contribution in [0.3, 0.4) is 0 Å². The van der Waals surface area contributed by atoms with E-state index in [1.165, 1.54) is 0 Å². The van der Waals surface area contributed by atoms with E-state index in [1.807, 2.05) is 54.7 Å². The molecule has 0 spiro atoms. The van der Waals surface area contributed by atoms with Gasteiger partial charge >= 0.3 is 6.09 Å². The van der Waals surface area contributed by atoms with Crippen molar-refractivity contribution in [3.05, 3.63) is 78.1 Å². The summed E-state index contributed by atoms with van der Waals surface area (Å²) in [6.45, 7) is 0.791. The van der Waals surface area contributed by atoms with Crippen LogP contribution in [0.5, 0.6) is 0 Å². The van der Waals surface area contributed by atoms with Crippen molar-refractivity contribution >= 4 is 16.9 Å². The number of pyridine rings is 1. The lowest BCUT2D eigenvalue weighted by Crippen LogP contribution is -2.14. The van der Waals surface area contributed by atoms with Crippen LogP contribution in [0, 0.1) is 0 Å². The summed E-state index contributed by atoms with van der Waals surface area (Å²) >= 11 is 0. The van der Waals surface area contributed by atoms with Gasteiger partial charge in [0.05, 0.1) is 19.3 Å². The van der Waals surface area contributed by atoms with Gasteiger partial charge in [-0.2, -0.15) is 0 Å². The van der Waals surface area contributed by atoms with Gasteiger partial charge in [-0.3, -0.25) is 4.98 Å². The number of fused-ring (bicyclic) bond motifs is 1. The molecule has 0 saturated carbocycles. The molecule has 0 radical (unpaired) electrons. The van der Waals surface area contributed by atoms with Crippen molar-refractivity contribution in [3.8, 4) is 0 Å². The van der Waals surface area contributed by atoms with Crippen molar-refractivity contribution < 1.29 is 14.3 Å². The lowest BCUT2D eigenvalue weighted by molar-refractivity contribution is 0.0293. The third kappa shape index (κ3) is 4.80. The van der Waals surface area contributed by atoms with Gasteiger partial charge in [-0.15, -0.1) is 0 Å². The largest absolute Gasteiger partial charge is 0.450 e. The average Bonchev–Trinajstić information content (AvgIpc) is 2.68. The number of primary amides is 1. The molecule has 0 aliphatic carbocycles. The summed E-state index contributed by atoms with van der Waals surface area (Å²) in [7, 11) is 0. The SMILES string of the molecule is NC(=O)OCCCC(OCc1cccc2cnccc12)c1ccccc1. The van der Waals surface area contributed by atoms with Crippen molar-refractivity contribution in [1.29, 1.82) is 0 Å². The highest BCUT2D eigenvalue weighted by atomic mass is 16.5. The zero-order valence-electron chi connectivity index (χ0n) is 14.5. The number of amides is 1. The van der Waals surface area contributed by atoms with Crippen molar-refractivity contribution in [2.24, 2.45) is 5.73 Å². The smallest absolute Gasteiger partial charge is 0.404 e. The molecule has 0 bridgehead atoms. The second-order valence-electron chi connectivity index (χ2n) is 6.03. The van der Waals surface area contributed by atoms with Crippen LogP contribution in [0.2, 0.25) is 0 Å². The maximum absolute atomic E-state index is 10.7. The Morgan fingerprint density at radius 2 is 1.92 bits per heavy atom. The van der Waals surface area contributed by atoms with Crippen LogP contribution in [0.1, 0.15) is 30.1 Å². The van der Waals surface area contributed by atoms with Gasteiger partial charge in [0, 0.05) is 17.8 Å². The first-order valence-electron chi connectivity index (χ1n) is 8.64. The van der Waals surface area contributed by atoms with E-state index in [4.69, 9.17) is 15.2 Å². The lowest BCUT2D eigenvalue weighted by atomic mass is 10.0. The van der Waals surface area contributed by atoms with Crippen LogP contribution < -0.4 is 5.73 Å². The van der Waals surface area contributed by atoms with E-state index >= 15 is 0 Å². The summed E-state index contributed by atoms with van der Waals surface area (Å²) in [4.78, 5) is 14.9. The number of aromatic nitrogens is 1. The summed E-state index contributed by atoms with van der Waals surface area (Å²) in [6.07, 6.45) is 4.25. The number of carbonyl (C=O) groups excluding carboxylic acids is 1. The van der Waals surface area contributed by atoms with E-state index in [0.717, 1.165) is 28.3 Å². The molecule has 1 aromatic heterocycles. The summed E-state index contributed by atoms with van der Waals surface area (Å²) < 4.78 is 11.1. The van der Waals surface area contributed by atoms with Gasteiger partial charge in [0.1, 0.15) is 0 Å². The number of carbonyl (C=O) groups is 1. The van der Waals surface area contributed by atoms with Gasteiger partial charge < -0.3 is 15.2 Å². The number of rotatable bonds is 8. The topological polar surface area (TPSA) is 74.4 Å². The Kier molecular flexibility index (Phi) is 6.17. The quantitative estimate of drug-likeness (QED) is 0.612. The van der Waals surface area contributed by atoms with Crippen LogP contribution in [-0.2, 0) is 16.1 Å². The Bertz CT molecular complexity index is 847. The fourth-order valence-corrected chi connectivity index (χ4v) is 2.96. The van der Waals surface area contributed by atoms with Crippen LogP contribution in [0.25, 0.3) is 10.8 Å². The first-order valence-corrected chi connectivity index (χ1v) is 8.64. The molecule has 0 aliphatic rings. The molecule has 134 valence electrons. The first-order chi connectivity index (χ1) is 12.7. The third-order valence-electron chi connectivity index (χ3n) is 4.24. The summed E-state index contributed by atoms with van der Waals surface area (Å²) in [6, 6.07) is 18.2. The van der Waals surface area contributed by atoms with Crippen molar-refractivity contribution in [1.82, 2.24) is 4.98 Å². The number of nitrogens with two attached hydrogens (primary N) is 1. The Labute approximate surface area is 152 Å². The molecule has 1 unspecified atom stereocenters. The molecule has 3 aromatic rings. The molecule has 2 aromatic carbocycles. The van der Waals surface area contributed by atoms with Gasteiger partial charge in [-0.25, -0.2) is 4.79 Å². The fourth-order valence-electron chi connectivity index (χ4n) is 2.96. The van der Waals surface area contributed by atoms with Crippen LogP contribution >= 0.6 is 0 Å². The van der Waals surface area contributed by atoms with E-state index < -0.39 is 6.09 Å². The Morgan fingerprint density at radius 1 is 1.08 bits per heavy atom. The first kappa shape index (κ1) is 17.9. The highest BCUT2D eigenvalue weighted by Crippen LogP contribution is 2.26. The maximum Gasteiger partial charge on any atom is 0.404 e. The van der Waals surface area contributed by atoms with Gasteiger partial charge in [-0.05, 0) is 35.4 Å². The molecule has 3 rings (SSSR count). The minimum absolute atomic E-state index is 0.0789. The van der Waals surface area contributed by atoms with E-state index in [9.17, 15) is 4.79 Å². The number of hydrogen-bond donors (Lipinski definition) is 1. The molecule has 0 aliphatic heterocycles. The highest BCUT2D eigenvalue weighted by Gasteiger charge is 2.13. The predicted molar refractivity (Wildman–Crippen MR) is 100 cm³/mol. The lowest BCUT2D eigenvalue weighted by Gasteiger charge is -2.19. The summed E-state index contributed by atoms with van der Waals surface area (Å²) in [5.74, 6) is 0. The van der Waals surface area contributed by atoms with Gasteiger partial charge in [0.2, 0.25) is 0 Å². The molecule has 2 N–H and O–H groups in total. The minimum Gasteiger partial charge on any atom is -0.450 e. The predicted octanol–water partition coefficient (Wildman–Crippen LogP) is 4.37. The number of ether oxygens (including phenoxy) is 2. The van der Waals surface area contributed by atoms with Crippen molar-refractivity contribution in [3.63, 3.8) is 0 Å². The monoisotopic (exact) mass is 350 g/mol. The zero-order valence-corrected chi connectivity index (χ0v) is 14.5. The molecule has 0 fully saturated rings. The van der Waals surface area contributed by atoms with Crippen molar-refractivity contribution in [2.75, 3.05) is 6.61 Å². The van der Waals surface area contributed by atoms with E-state index in [2.05, 4.69) is 11.1 Å². The maximum atomic E-state index is 10.7. The zero-order chi connectivity index (χ0) is 18.2. The number of nitrogens with zero attached hydrogens (tertiary/aromatic N) is 1. The minimum atomic E-state index is -0.744. The Hall–Kier alpha value is -2.92. The third-order valence-corrected chi connectivity index (χ3v) is 4.24. The molecule has 1 amide bonds. The van der Waals surface area contributed by atoms with E-state index in [1.54, 1.807) is 6.20 Å². The standard InChI is InChI=1S/C21H22N2O3/c22-21(24)25-13-5-10-20(16-6-2-1-3-7-16)26-15-18-9-4-8-17-14-23-12-11-19(17)18/h1-4,6-9,11-12,14,20H,5,10,13,15H2,(H2,22,24). The van der Waals surface area contributed by atoms with Crippen LogP contribution in [0.15, 0.2) is 67.0 Å². The second kappa shape index (κ2) is 8.97. The van der Waals surface area contributed by atoms with Crippen LogP contribution in [-0.4, -0.2) is 17.7 Å². The molecule has 1 atom stereocenters. The average molecular weight is 350 g/mol. The molecular weight excluding hydrogens is 328 g/mol. The highest BCUT2D eigenvalue weighted by molar-refractivity contribution is 5.84. The van der Waals surface area contributed by atoms with E-state index in [-0.39, 0.29) is 6.10 Å². The van der Waals surface area contributed by atoms with Gasteiger partial charge in [0.15, 0.2) is 0 Å². The molecule has 1 heterocycles. The molecule has 5 heteroatoms. The second-order valence-corrected chi connectivity index (χ2v) is 6.03. The summed E-state index contributed by atoms with van der Waals surface area (Å²) in [5, 5.41) is 2.24. The Morgan fingerprint density at radius 3 is 2.73 bits per heavy atom. The molecular formula is C21H22N2O3.